The van der Waals surface area contributed by atoms with Crippen molar-refractivity contribution in [2.24, 2.45) is 5.92 Å². The molecule has 0 amide bonds. The van der Waals surface area contributed by atoms with Crippen LogP contribution in [0, 0.1) is 5.92 Å². The zero-order chi connectivity index (χ0) is 9.26. The largest absolute Gasteiger partial charge is 0.349 e. The first kappa shape index (κ1) is 9.44. The van der Waals surface area contributed by atoms with E-state index in [0.717, 1.165) is 12.5 Å². The van der Waals surface area contributed by atoms with Crippen molar-refractivity contribution in [3.05, 3.63) is 0 Å². The van der Waals surface area contributed by atoms with E-state index in [9.17, 15) is 0 Å². The van der Waals surface area contributed by atoms with Gasteiger partial charge in [-0.15, -0.1) is 0 Å². The van der Waals surface area contributed by atoms with E-state index in [4.69, 9.17) is 9.47 Å². The van der Waals surface area contributed by atoms with Crippen molar-refractivity contribution >= 4 is 0 Å². The number of hydrogen-bond acceptors (Lipinski definition) is 3. The Morgan fingerprint density at radius 3 is 2.69 bits per heavy atom. The Labute approximate surface area is 80.0 Å². The van der Waals surface area contributed by atoms with Gasteiger partial charge < -0.3 is 9.47 Å². The zero-order valence-corrected chi connectivity index (χ0v) is 8.53. The molecule has 0 saturated carbocycles. The summed E-state index contributed by atoms with van der Waals surface area (Å²) in [5, 5.41) is 0. The van der Waals surface area contributed by atoms with Crippen LogP contribution in [0.25, 0.3) is 0 Å². The first-order valence-corrected chi connectivity index (χ1v) is 5.32. The van der Waals surface area contributed by atoms with Crippen molar-refractivity contribution in [3.63, 3.8) is 0 Å². The highest BCUT2D eigenvalue weighted by molar-refractivity contribution is 4.81. The molecule has 0 aliphatic carbocycles. The highest BCUT2D eigenvalue weighted by atomic mass is 16.8. The molecule has 0 aromatic carbocycles. The Morgan fingerprint density at radius 1 is 1.38 bits per heavy atom. The first-order valence-electron chi connectivity index (χ1n) is 5.32. The number of nitrogens with zero attached hydrogens (tertiary/aromatic N) is 1. The molecule has 0 radical (unpaired) electrons. The van der Waals surface area contributed by atoms with E-state index in [1.807, 2.05) is 6.92 Å². The molecule has 0 N–H and O–H groups in total. The molecule has 0 bridgehead atoms. The second-order valence-electron chi connectivity index (χ2n) is 4.07. The van der Waals surface area contributed by atoms with Crippen LogP contribution in [0.4, 0.5) is 0 Å². The van der Waals surface area contributed by atoms with Gasteiger partial charge >= 0.3 is 0 Å². The summed E-state index contributed by atoms with van der Waals surface area (Å²) >= 11 is 0. The smallest absolute Gasteiger partial charge is 0.199 e. The fraction of sp³-hybridized carbons (Fsp3) is 1.00. The molecule has 0 aromatic rings. The predicted octanol–water partition coefficient (Wildman–Crippen LogP) is 1.44. The minimum absolute atomic E-state index is 0.0680. The summed E-state index contributed by atoms with van der Waals surface area (Å²) in [6.07, 6.45) is 2.95. The molecule has 0 aromatic heterocycles. The summed E-state index contributed by atoms with van der Waals surface area (Å²) in [5.74, 6) is 0.889. The summed E-state index contributed by atoms with van der Waals surface area (Å²) in [7, 11) is 0. The van der Waals surface area contributed by atoms with Crippen molar-refractivity contribution in [1.29, 1.82) is 0 Å². The Morgan fingerprint density at radius 2 is 2.08 bits per heavy atom. The van der Waals surface area contributed by atoms with Gasteiger partial charge in [0.1, 0.15) is 0 Å². The van der Waals surface area contributed by atoms with Crippen LogP contribution in [-0.4, -0.2) is 37.1 Å². The number of rotatable bonds is 3. The Hall–Kier alpha value is -0.120. The van der Waals surface area contributed by atoms with E-state index in [1.54, 1.807) is 0 Å². The fourth-order valence-electron chi connectivity index (χ4n) is 1.92. The standard InChI is InChI=1S/C10H19NO2/c1-3-12-10-9(13-10)11-6-4-8(2)5-7-11/h8-10H,3-7H2,1-2H3. The molecular formula is C10H19NO2. The van der Waals surface area contributed by atoms with Gasteiger partial charge in [-0.05, 0) is 25.7 Å². The van der Waals surface area contributed by atoms with Crippen molar-refractivity contribution in [2.45, 2.75) is 39.2 Å². The molecule has 2 unspecified atom stereocenters. The second-order valence-corrected chi connectivity index (χ2v) is 4.07. The van der Waals surface area contributed by atoms with Gasteiger partial charge in [0.15, 0.2) is 12.5 Å². The maximum atomic E-state index is 5.44. The SMILES string of the molecule is CCOC1OC1N1CCC(C)CC1. The van der Waals surface area contributed by atoms with Crippen LogP contribution in [0.3, 0.4) is 0 Å². The van der Waals surface area contributed by atoms with Gasteiger partial charge in [-0.25, -0.2) is 0 Å². The lowest BCUT2D eigenvalue weighted by Gasteiger charge is -2.28. The third-order valence-electron chi connectivity index (χ3n) is 2.94. The van der Waals surface area contributed by atoms with Gasteiger partial charge in [0.25, 0.3) is 0 Å². The molecule has 2 atom stereocenters. The average molecular weight is 185 g/mol. The van der Waals surface area contributed by atoms with Crippen molar-refractivity contribution in [1.82, 2.24) is 4.90 Å². The number of ether oxygens (including phenoxy) is 2. The third kappa shape index (κ3) is 2.22. The normalized spacial score (nSPS) is 36.5. The lowest BCUT2D eigenvalue weighted by atomic mass is 9.99. The van der Waals surface area contributed by atoms with E-state index in [-0.39, 0.29) is 12.5 Å². The molecule has 2 aliphatic heterocycles. The van der Waals surface area contributed by atoms with E-state index >= 15 is 0 Å². The molecule has 2 heterocycles. The fourth-order valence-corrected chi connectivity index (χ4v) is 1.92. The summed E-state index contributed by atoms with van der Waals surface area (Å²) in [6, 6.07) is 0. The van der Waals surface area contributed by atoms with Crippen LogP contribution < -0.4 is 0 Å². The topological polar surface area (TPSA) is 25.0 Å². The quantitative estimate of drug-likeness (QED) is 0.622. The maximum absolute atomic E-state index is 5.44. The molecular weight excluding hydrogens is 166 g/mol. The number of epoxide rings is 1. The molecule has 2 rings (SSSR count). The van der Waals surface area contributed by atoms with Crippen LogP contribution in [0.2, 0.25) is 0 Å². The van der Waals surface area contributed by atoms with Gasteiger partial charge in [0, 0.05) is 19.7 Å². The monoisotopic (exact) mass is 185 g/mol. The third-order valence-corrected chi connectivity index (χ3v) is 2.94. The van der Waals surface area contributed by atoms with Crippen LogP contribution in [0.5, 0.6) is 0 Å². The van der Waals surface area contributed by atoms with Gasteiger partial charge in [-0.3, -0.25) is 4.90 Å². The Balaban J connectivity index is 1.71. The molecule has 2 saturated heterocycles. The van der Waals surface area contributed by atoms with Gasteiger partial charge in [0.05, 0.1) is 0 Å². The van der Waals surface area contributed by atoms with E-state index in [0.29, 0.717) is 0 Å². The number of piperidine rings is 1. The van der Waals surface area contributed by atoms with Gasteiger partial charge in [-0.2, -0.15) is 0 Å². The van der Waals surface area contributed by atoms with Crippen molar-refractivity contribution in [3.8, 4) is 0 Å². The molecule has 3 nitrogen and oxygen atoms in total. The molecule has 0 spiro atoms. The van der Waals surface area contributed by atoms with Crippen molar-refractivity contribution < 1.29 is 9.47 Å². The molecule has 3 heteroatoms. The number of hydrogen-bond donors (Lipinski definition) is 0. The molecule has 76 valence electrons. The van der Waals surface area contributed by atoms with Crippen LogP contribution in [-0.2, 0) is 9.47 Å². The molecule has 13 heavy (non-hydrogen) atoms. The first-order chi connectivity index (χ1) is 6.31. The van der Waals surface area contributed by atoms with Crippen molar-refractivity contribution in [2.75, 3.05) is 19.7 Å². The molecule has 2 aliphatic rings. The van der Waals surface area contributed by atoms with Crippen LogP contribution >= 0.6 is 0 Å². The summed E-state index contributed by atoms with van der Waals surface area (Å²) in [4.78, 5) is 2.40. The van der Waals surface area contributed by atoms with Gasteiger partial charge in [-0.1, -0.05) is 6.92 Å². The highest BCUT2D eigenvalue weighted by Crippen LogP contribution is 2.30. The van der Waals surface area contributed by atoms with Gasteiger partial charge in [0.2, 0.25) is 0 Å². The lowest BCUT2D eigenvalue weighted by Crippen LogP contribution is -2.36. The van der Waals surface area contributed by atoms with E-state index in [1.165, 1.54) is 25.9 Å². The maximum Gasteiger partial charge on any atom is 0.199 e. The predicted molar refractivity (Wildman–Crippen MR) is 50.3 cm³/mol. The molecule has 2 fully saturated rings. The lowest BCUT2D eigenvalue weighted by molar-refractivity contribution is 0.0591. The van der Waals surface area contributed by atoms with E-state index < -0.39 is 0 Å². The second kappa shape index (κ2) is 3.95. The summed E-state index contributed by atoms with van der Waals surface area (Å²) < 4.78 is 10.8. The highest BCUT2D eigenvalue weighted by Gasteiger charge is 2.45. The van der Waals surface area contributed by atoms with Crippen LogP contribution in [0.1, 0.15) is 26.7 Å². The summed E-state index contributed by atoms with van der Waals surface area (Å²) in [6.45, 7) is 7.44. The average Bonchev–Trinajstić information content (AvgIpc) is 2.86. The Bertz CT molecular complexity index is 166. The zero-order valence-electron chi connectivity index (χ0n) is 8.53. The van der Waals surface area contributed by atoms with Crippen LogP contribution in [0.15, 0.2) is 0 Å². The number of likely N-dealkylation sites (tertiary alicyclic amines) is 1. The minimum atomic E-state index is 0.0680. The Kier molecular flexibility index (Phi) is 2.86. The van der Waals surface area contributed by atoms with E-state index in [2.05, 4.69) is 11.8 Å². The minimum Gasteiger partial charge on any atom is -0.349 e. The summed E-state index contributed by atoms with van der Waals surface area (Å²) in [5.41, 5.74) is 0.